The van der Waals surface area contributed by atoms with Gasteiger partial charge in [0.2, 0.25) is 5.91 Å². The molecule has 0 saturated carbocycles. The second-order valence-electron chi connectivity index (χ2n) is 6.77. The number of hydrogen-bond acceptors (Lipinski definition) is 5. The molecule has 2 amide bonds. The minimum absolute atomic E-state index is 0.152. The number of ether oxygens (including phenoxy) is 1. The molecule has 7 heteroatoms. The minimum Gasteiger partial charge on any atom is -0.449 e. The molecule has 2 atom stereocenters. The molecule has 2 rings (SSSR count). The number of amides is 2. The van der Waals surface area contributed by atoms with Crippen LogP contribution in [0.2, 0.25) is 0 Å². The Bertz CT molecular complexity index is 904. The molecule has 0 radical (unpaired) electrons. The van der Waals surface area contributed by atoms with E-state index < -0.39 is 18.0 Å². The van der Waals surface area contributed by atoms with Gasteiger partial charge in [0.05, 0.1) is 17.7 Å². The summed E-state index contributed by atoms with van der Waals surface area (Å²) in [4.78, 5) is 36.3. The zero-order valence-corrected chi connectivity index (χ0v) is 17.1. The molecule has 7 nitrogen and oxygen atoms in total. The smallest absolute Gasteiger partial charge is 0.338 e. The third-order valence-electron chi connectivity index (χ3n) is 4.39. The van der Waals surface area contributed by atoms with Gasteiger partial charge in [-0.25, -0.2) is 4.79 Å². The van der Waals surface area contributed by atoms with Crippen LogP contribution in [-0.4, -0.2) is 23.9 Å². The largest absolute Gasteiger partial charge is 0.449 e. The van der Waals surface area contributed by atoms with Gasteiger partial charge in [0, 0.05) is 5.69 Å². The molecule has 0 fully saturated rings. The van der Waals surface area contributed by atoms with Crippen LogP contribution in [0.3, 0.4) is 0 Å². The van der Waals surface area contributed by atoms with E-state index in [2.05, 4.69) is 10.6 Å². The van der Waals surface area contributed by atoms with Crippen LogP contribution >= 0.6 is 0 Å². The molecule has 2 aromatic rings. The number of hydrogen-bond donors (Lipinski definition) is 2. The second kappa shape index (κ2) is 11.4. The van der Waals surface area contributed by atoms with Gasteiger partial charge in [-0.1, -0.05) is 43.7 Å². The quantitative estimate of drug-likeness (QED) is 0.616. The summed E-state index contributed by atoms with van der Waals surface area (Å²) in [6.45, 7) is 3.57. The fraction of sp³-hybridized carbons (Fsp3) is 0.304. The average molecular weight is 407 g/mol. The summed E-state index contributed by atoms with van der Waals surface area (Å²) in [5.74, 6) is -1.44. The average Bonchev–Trinajstić information content (AvgIpc) is 2.74. The maximum atomic E-state index is 12.5. The van der Waals surface area contributed by atoms with Gasteiger partial charge in [0.25, 0.3) is 5.91 Å². The van der Waals surface area contributed by atoms with Crippen molar-refractivity contribution >= 4 is 23.5 Å². The monoisotopic (exact) mass is 407 g/mol. The molecule has 2 aromatic carbocycles. The third-order valence-corrected chi connectivity index (χ3v) is 4.39. The molecule has 0 aromatic heterocycles. The maximum Gasteiger partial charge on any atom is 0.338 e. The summed E-state index contributed by atoms with van der Waals surface area (Å²) in [6, 6.07) is 17.3. The Labute approximate surface area is 176 Å². The number of nitriles is 1. The molecule has 0 spiro atoms. The van der Waals surface area contributed by atoms with Gasteiger partial charge in [-0.15, -0.1) is 0 Å². The standard InChI is InChI=1S/C23H25N3O4/c1-3-7-20(17-8-5-4-6-9-17)26-22(28)16(2)30-23(29)18-10-12-19(13-11-18)25-21(27)14-15-24/h4-6,8-13,16,20H,3,7,14H2,1-2H3,(H,25,27)(H,26,28). The van der Waals surface area contributed by atoms with Gasteiger partial charge >= 0.3 is 5.97 Å². The van der Waals surface area contributed by atoms with Crippen LogP contribution in [0.15, 0.2) is 54.6 Å². The summed E-state index contributed by atoms with van der Waals surface area (Å²) in [5.41, 5.74) is 1.71. The molecule has 0 saturated heterocycles. The predicted molar refractivity (Wildman–Crippen MR) is 112 cm³/mol. The Balaban J connectivity index is 1.94. The van der Waals surface area contributed by atoms with Gasteiger partial charge in [0.15, 0.2) is 6.10 Å². The van der Waals surface area contributed by atoms with Crippen molar-refractivity contribution in [3.8, 4) is 6.07 Å². The molecule has 0 heterocycles. The lowest BCUT2D eigenvalue weighted by atomic mass is 10.0. The molecular weight excluding hydrogens is 382 g/mol. The number of carbonyl (C=O) groups excluding carboxylic acids is 3. The number of anilines is 1. The van der Waals surface area contributed by atoms with Gasteiger partial charge in [0.1, 0.15) is 6.42 Å². The zero-order valence-electron chi connectivity index (χ0n) is 17.1. The van der Waals surface area contributed by atoms with Crippen LogP contribution in [0, 0.1) is 11.3 Å². The Morgan fingerprint density at radius 2 is 1.73 bits per heavy atom. The lowest BCUT2D eigenvalue weighted by Gasteiger charge is -2.21. The first-order chi connectivity index (χ1) is 14.4. The minimum atomic E-state index is -0.962. The fourth-order valence-electron chi connectivity index (χ4n) is 2.83. The van der Waals surface area contributed by atoms with E-state index in [1.807, 2.05) is 37.3 Å². The first-order valence-corrected chi connectivity index (χ1v) is 9.77. The van der Waals surface area contributed by atoms with Crippen molar-refractivity contribution in [2.75, 3.05) is 5.32 Å². The molecule has 30 heavy (non-hydrogen) atoms. The summed E-state index contributed by atoms with van der Waals surface area (Å²) < 4.78 is 5.29. The summed E-state index contributed by atoms with van der Waals surface area (Å²) >= 11 is 0. The van der Waals surface area contributed by atoms with Crippen molar-refractivity contribution in [1.82, 2.24) is 5.32 Å². The van der Waals surface area contributed by atoms with E-state index in [4.69, 9.17) is 10.00 Å². The molecule has 0 aliphatic rings. The Kier molecular flexibility index (Phi) is 8.57. The molecule has 2 unspecified atom stereocenters. The second-order valence-corrected chi connectivity index (χ2v) is 6.77. The summed E-state index contributed by atoms with van der Waals surface area (Å²) in [7, 11) is 0. The van der Waals surface area contributed by atoms with Crippen LogP contribution in [0.5, 0.6) is 0 Å². The predicted octanol–water partition coefficient (Wildman–Crippen LogP) is 3.74. The van der Waals surface area contributed by atoms with Crippen molar-refractivity contribution < 1.29 is 19.1 Å². The van der Waals surface area contributed by atoms with Crippen LogP contribution < -0.4 is 10.6 Å². The highest BCUT2D eigenvalue weighted by Gasteiger charge is 2.22. The summed E-state index contributed by atoms with van der Waals surface area (Å²) in [6.07, 6.45) is 0.453. The number of rotatable bonds is 9. The lowest BCUT2D eigenvalue weighted by Crippen LogP contribution is -2.38. The van der Waals surface area contributed by atoms with Crippen molar-refractivity contribution in [3.05, 3.63) is 65.7 Å². The van der Waals surface area contributed by atoms with E-state index in [9.17, 15) is 14.4 Å². The van der Waals surface area contributed by atoms with Gasteiger partial charge < -0.3 is 15.4 Å². The normalized spacial score (nSPS) is 12.2. The maximum absolute atomic E-state index is 12.5. The van der Waals surface area contributed by atoms with Crippen molar-refractivity contribution in [3.63, 3.8) is 0 Å². The highest BCUT2D eigenvalue weighted by atomic mass is 16.5. The van der Waals surface area contributed by atoms with E-state index in [0.717, 1.165) is 18.4 Å². The van der Waals surface area contributed by atoms with E-state index in [1.165, 1.54) is 31.2 Å². The molecule has 2 N–H and O–H groups in total. The van der Waals surface area contributed by atoms with Crippen molar-refractivity contribution in [1.29, 1.82) is 5.26 Å². The number of nitrogens with one attached hydrogen (secondary N) is 2. The van der Waals surface area contributed by atoms with Crippen molar-refractivity contribution in [2.45, 2.75) is 45.3 Å². The molecule has 0 bridgehead atoms. The van der Waals surface area contributed by atoms with Crippen LogP contribution in [0.1, 0.15) is 55.1 Å². The van der Waals surface area contributed by atoms with Gasteiger partial charge in [-0.3, -0.25) is 9.59 Å². The summed E-state index contributed by atoms with van der Waals surface area (Å²) in [5, 5.41) is 14.0. The Morgan fingerprint density at radius 3 is 2.33 bits per heavy atom. The topological polar surface area (TPSA) is 108 Å². The molecule has 0 aliphatic carbocycles. The van der Waals surface area contributed by atoms with E-state index in [-0.39, 0.29) is 23.9 Å². The highest BCUT2D eigenvalue weighted by molar-refractivity contribution is 5.94. The van der Waals surface area contributed by atoms with Gasteiger partial charge in [-0.2, -0.15) is 5.26 Å². The van der Waals surface area contributed by atoms with Crippen molar-refractivity contribution in [2.24, 2.45) is 0 Å². The SMILES string of the molecule is CCCC(NC(=O)C(C)OC(=O)c1ccc(NC(=O)CC#N)cc1)c1ccccc1. The van der Waals surface area contributed by atoms with E-state index in [1.54, 1.807) is 6.07 Å². The first kappa shape index (κ1) is 22.6. The highest BCUT2D eigenvalue weighted by Crippen LogP contribution is 2.19. The third kappa shape index (κ3) is 6.74. The van der Waals surface area contributed by atoms with Crippen LogP contribution in [0.4, 0.5) is 5.69 Å². The first-order valence-electron chi connectivity index (χ1n) is 9.77. The fourth-order valence-corrected chi connectivity index (χ4v) is 2.83. The van der Waals surface area contributed by atoms with Crippen LogP contribution in [-0.2, 0) is 14.3 Å². The number of nitrogens with zero attached hydrogens (tertiary/aromatic N) is 1. The number of esters is 1. The van der Waals surface area contributed by atoms with E-state index in [0.29, 0.717) is 5.69 Å². The Morgan fingerprint density at radius 1 is 1.07 bits per heavy atom. The van der Waals surface area contributed by atoms with Crippen LogP contribution in [0.25, 0.3) is 0 Å². The number of benzene rings is 2. The molecular formula is C23H25N3O4. The van der Waals surface area contributed by atoms with Gasteiger partial charge in [-0.05, 0) is 43.2 Å². The number of carbonyl (C=O) groups is 3. The lowest BCUT2D eigenvalue weighted by molar-refractivity contribution is -0.130. The molecule has 0 aliphatic heterocycles. The Hall–Kier alpha value is -3.66. The van der Waals surface area contributed by atoms with E-state index >= 15 is 0 Å². The zero-order chi connectivity index (χ0) is 21.9. The molecule has 156 valence electrons.